The first-order chi connectivity index (χ1) is 10.0. The molecule has 0 saturated heterocycles. The Hall–Kier alpha value is -1.57. The first-order valence-electron chi connectivity index (χ1n) is 6.93. The lowest BCUT2D eigenvalue weighted by atomic mass is 10.2. The Morgan fingerprint density at radius 3 is 2.95 bits per heavy atom. The van der Waals surface area contributed by atoms with E-state index in [0.717, 1.165) is 24.8 Å². The van der Waals surface area contributed by atoms with Gasteiger partial charge in [0.05, 0.1) is 6.10 Å². The lowest BCUT2D eigenvalue weighted by Crippen LogP contribution is -2.40. The highest BCUT2D eigenvalue weighted by Crippen LogP contribution is 2.27. The van der Waals surface area contributed by atoms with Crippen molar-refractivity contribution < 1.29 is 13.2 Å². The maximum atomic E-state index is 12.6. The number of hydrogen-bond donors (Lipinski definition) is 3. The van der Waals surface area contributed by atoms with E-state index in [-0.39, 0.29) is 17.0 Å². The van der Waals surface area contributed by atoms with Crippen LogP contribution < -0.4 is 10.5 Å². The number of benzene rings is 1. The molecule has 7 heteroatoms. The molecule has 6 nitrogen and oxygen atoms in total. The van der Waals surface area contributed by atoms with Gasteiger partial charge in [-0.25, -0.2) is 13.1 Å². The van der Waals surface area contributed by atoms with E-state index >= 15 is 0 Å². The summed E-state index contributed by atoms with van der Waals surface area (Å²) >= 11 is 0. The van der Waals surface area contributed by atoms with E-state index in [4.69, 9.17) is 10.5 Å². The number of rotatable bonds is 4. The summed E-state index contributed by atoms with van der Waals surface area (Å²) in [6, 6.07) is 5.01. The monoisotopic (exact) mass is 309 g/mol. The topological polar surface area (TPSA) is 97.2 Å². The number of nitrogens with two attached hydrogens (primary N) is 1. The fourth-order valence-corrected chi connectivity index (χ4v) is 4.41. The molecule has 4 N–H and O–H groups in total. The summed E-state index contributed by atoms with van der Waals surface area (Å²) in [5.41, 5.74) is 7.04. The zero-order valence-electron chi connectivity index (χ0n) is 11.8. The van der Waals surface area contributed by atoms with Gasteiger partial charge in [0.2, 0.25) is 10.0 Å². The molecule has 21 heavy (non-hydrogen) atoms. The van der Waals surface area contributed by atoms with Gasteiger partial charge in [-0.2, -0.15) is 0 Å². The third-order valence-corrected chi connectivity index (χ3v) is 5.55. The van der Waals surface area contributed by atoms with Crippen molar-refractivity contribution in [1.29, 1.82) is 0 Å². The van der Waals surface area contributed by atoms with Crippen LogP contribution in [0.3, 0.4) is 0 Å². The van der Waals surface area contributed by atoms with Crippen molar-refractivity contribution in [1.82, 2.24) is 9.71 Å². The fourth-order valence-electron chi connectivity index (χ4n) is 2.94. The van der Waals surface area contributed by atoms with Crippen LogP contribution in [-0.4, -0.2) is 32.7 Å². The van der Waals surface area contributed by atoms with Crippen LogP contribution in [0.25, 0.3) is 10.9 Å². The number of anilines is 1. The third kappa shape index (κ3) is 2.64. The lowest BCUT2D eigenvalue weighted by molar-refractivity contribution is 0.0916. The highest BCUT2D eigenvalue weighted by Gasteiger charge is 2.32. The Labute approximate surface area is 123 Å². The van der Waals surface area contributed by atoms with E-state index in [9.17, 15) is 8.42 Å². The SMILES string of the molecule is COC1CCCC1NS(=O)(=O)c1c[nH]c2ccc(N)cc12. The minimum absolute atomic E-state index is 0.0601. The second kappa shape index (κ2) is 5.32. The van der Waals surface area contributed by atoms with Crippen molar-refractivity contribution in [3.8, 4) is 0 Å². The van der Waals surface area contributed by atoms with E-state index in [1.54, 1.807) is 25.3 Å². The van der Waals surface area contributed by atoms with Crippen molar-refractivity contribution in [2.45, 2.75) is 36.3 Å². The molecule has 1 aromatic heterocycles. The minimum Gasteiger partial charge on any atom is -0.399 e. The smallest absolute Gasteiger partial charge is 0.243 e. The maximum absolute atomic E-state index is 12.6. The van der Waals surface area contributed by atoms with Gasteiger partial charge in [-0.15, -0.1) is 0 Å². The first kappa shape index (κ1) is 14.4. The summed E-state index contributed by atoms with van der Waals surface area (Å²) in [6.07, 6.45) is 4.08. The van der Waals surface area contributed by atoms with Crippen molar-refractivity contribution >= 4 is 26.6 Å². The fraction of sp³-hybridized carbons (Fsp3) is 0.429. The molecule has 1 fully saturated rings. The van der Waals surface area contributed by atoms with Gasteiger partial charge >= 0.3 is 0 Å². The number of nitrogen functional groups attached to an aromatic ring is 1. The quantitative estimate of drug-likeness (QED) is 0.747. The molecule has 2 aromatic rings. The normalized spacial score (nSPS) is 22.9. The summed E-state index contributed by atoms with van der Waals surface area (Å²) in [5, 5.41) is 0.606. The lowest BCUT2D eigenvalue weighted by Gasteiger charge is -2.19. The van der Waals surface area contributed by atoms with Gasteiger partial charge in [-0.3, -0.25) is 0 Å². The molecule has 0 aliphatic heterocycles. The Kier molecular flexibility index (Phi) is 3.64. The van der Waals surface area contributed by atoms with Crippen LogP contribution in [0.2, 0.25) is 0 Å². The highest BCUT2D eigenvalue weighted by atomic mass is 32.2. The maximum Gasteiger partial charge on any atom is 0.243 e. The number of fused-ring (bicyclic) bond motifs is 1. The summed E-state index contributed by atoms with van der Waals surface area (Å²) in [6.45, 7) is 0. The Morgan fingerprint density at radius 2 is 2.19 bits per heavy atom. The second-order valence-electron chi connectivity index (χ2n) is 5.39. The van der Waals surface area contributed by atoms with Crippen LogP contribution in [0.5, 0.6) is 0 Å². The van der Waals surface area contributed by atoms with Crippen molar-refractivity contribution in [3.63, 3.8) is 0 Å². The Bertz CT molecular complexity index is 754. The molecule has 1 aliphatic rings. The predicted molar refractivity (Wildman–Crippen MR) is 81.5 cm³/mol. The molecule has 0 spiro atoms. The van der Waals surface area contributed by atoms with Crippen molar-refractivity contribution in [2.75, 3.05) is 12.8 Å². The molecule has 0 radical (unpaired) electrons. The number of sulfonamides is 1. The molecular weight excluding hydrogens is 290 g/mol. The number of ether oxygens (including phenoxy) is 1. The average molecular weight is 309 g/mol. The third-order valence-electron chi connectivity index (χ3n) is 4.02. The van der Waals surface area contributed by atoms with E-state index in [0.29, 0.717) is 11.1 Å². The number of H-pyrrole nitrogens is 1. The molecule has 1 aromatic carbocycles. The van der Waals surface area contributed by atoms with E-state index in [1.165, 1.54) is 6.20 Å². The minimum atomic E-state index is -3.60. The zero-order valence-corrected chi connectivity index (χ0v) is 12.6. The van der Waals surface area contributed by atoms with Crippen LogP contribution >= 0.6 is 0 Å². The van der Waals surface area contributed by atoms with Crippen LogP contribution in [0.1, 0.15) is 19.3 Å². The molecule has 0 bridgehead atoms. The van der Waals surface area contributed by atoms with E-state index < -0.39 is 10.0 Å². The molecule has 2 unspecified atom stereocenters. The van der Waals surface area contributed by atoms with Crippen LogP contribution in [-0.2, 0) is 14.8 Å². The molecule has 1 saturated carbocycles. The standard InChI is InChI=1S/C14H19N3O3S/c1-20-13-4-2-3-12(13)17-21(18,19)14-8-16-11-6-5-9(15)7-10(11)14/h5-8,12-13,16-17H,2-4,15H2,1H3. The number of methoxy groups -OCH3 is 1. The number of hydrogen-bond acceptors (Lipinski definition) is 4. The predicted octanol–water partition coefficient (Wildman–Crippen LogP) is 1.60. The second-order valence-corrected chi connectivity index (χ2v) is 7.07. The van der Waals surface area contributed by atoms with Crippen molar-refractivity contribution in [2.24, 2.45) is 0 Å². The summed E-state index contributed by atoms with van der Waals surface area (Å²) < 4.78 is 33.3. The van der Waals surface area contributed by atoms with Crippen LogP contribution in [0.15, 0.2) is 29.3 Å². The number of aromatic amines is 1. The molecule has 114 valence electrons. The molecule has 3 rings (SSSR count). The highest BCUT2D eigenvalue weighted by molar-refractivity contribution is 7.89. The van der Waals surface area contributed by atoms with Gasteiger partial charge in [0.15, 0.2) is 0 Å². The molecule has 1 aliphatic carbocycles. The van der Waals surface area contributed by atoms with Gasteiger partial charge < -0.3 is 15.5 Å². The summed E-state index contributed by atoms with van der Waals surface area (Å²) in [7, 11) is -1.99. The van der Waals surface area contributed by atoms with Crippen LogP contribution in [0, 0.1) is 0 Å². The van der Waals surface area contributed by atoms with Gasteiger partial charge in [0, 0.05) is 35.9 Å². The largest absolute Gasteiger partial charge is 0.399 e. The summed E-state index contributed by atoms with van der Waals surface area (Å²) in [4.78, 5) is 3.19. The average Bonchev–Trinajstić information content (AvgIpc) is 3.04. The van der Waals surface area contributed by atoms with E-state index in [1.807, 2.05) is 0 Å². The molecule has 2 atom stereocenters. The molecule has 0 amide bonds. The number of aromatic nitrogens is 1. The Morgan fingerprint density at radius 1 is 1.38 bits per heavy atom. The zero-order chi connectivity index (χ0) is 15.0. The molecule has 1 heterocycles. The first-order valence-corrected chi connectivity index (χ1v) is 8.41. The van der Waals surface area contributed by atoms with Crippen LogP contribution in [0.4, 0.5) is 5.69 Å². The van der Waals surface area contributed by atoms with Gasteiger partial charge in [-0.1, -0.05) is 0 Å². The molecular formula is C14H19N3O3S. The van der Waals surface area contributed by atoms with Crippen molar-refractivity contribution in [3.05, 3.63) is 24.4 Å². The Balaban J connectivity index is 1.95. The number of nitrogens with one attached hydrogen (secondary N) is 2. The van der Waals surface area contributed by atoms with Gasteiger partial charge in [-0.05, 0) is 37.5 Å². The van der Waals surface area contributed by atoms with Gasteiger partial charge in [0.25, 0.3) is 0 Å². The van der Waals surface area contributed by atoms with Gasteiger partial charge in [0.1, 0.15) is 4.90 Å². The van der Waals surface area contributed by atoms with E-state index in [2.05, 4.69) is 9.71 Å². The summed E-state index contributed by atoms with van der Waals surface area (Å²) in [5.74, 6) is 0.